The quantitative estimate of drug-likeness (QED) is 0.674. The highest BCUT2D eigenvalue weighted by Gasteiger charge is 2.60. The van der Waals surface area contributed by atoms with Crippen molar-refractivity contribution in [1.29, 1.82) is 0 Å². The molecule has 0 spiro atoms. The minimum atomic E-state index is -0.643. The highest BCUT2D eigenvalue weighted by molar-refractivity contribution is 9.10. The highest BCUT2D eigenvalue weighted by atomic mass is 79.9. The molecule has 1 N–H and O–H groups in total. The minimum absolute atomic E-state index is 0.0612. The van der Waals surface area contributed by atoms with Crippen LogP contribution in [0.3, 0.4) is 0 Å². The van der Waals surface area contributed by atoms with Gasteiger partial charge in [-0.05, 0) is 55.6 Å². The molecule has 5 nitrogen and oxygen atoms in total. The van der Waals surface area contributed by atoms with E-state index in [1.165, 1.54) is 6.07 Å². The molecule has 1 fully saturated rings. The second-order valence-corrected chi connectivity index (χ2v) is 8.91. The maximum absolute atomic E-state index is 11.7. The van der Waals surface area contributed by atoms with Crippen LogP contribution in [-0.4, -0.2) is 22.4 Å². The Labute approximate surface area is 153 Å². The van der Waals surface area contributed by atoms with Gasteiger partial charge in [-0.2, -0.15) is 0 Å². The molecule has 6 heteroatoms. The van der Waals surface area contributed by atoms with Crippen LogP contribution in [-0.2, 0) is 0 Å². The molecule has 1 aromatic heterocycles. The predicted octanol–water partition coefficient (Wildman–Crippen LogP) is 3.73. The molecule has 2 aliphatic heterocycles. The molecular formula is C19H19BrO5. The molecule has 3 heterocycles. The molecule has 25 heavy (non-hydrogen) atoms. The van der Waals surface area contributed by atoms with E-state index in [1.807, 2.05) is 6.92 Å². The fourth-order valence-corrected chi connectivity index (χ4v) is 5.52. The summed E-state index contributed by atoms with van der Waals surface area (Å²) in [6.45, 7) is 6.08. The second-order valence-electron chi connectivity index (χ2n) is 8.12. The van der Waals surface area contributed by atoms with Crippen molar-refractivity contribution < 1.29 is 19.0 Å². The molecule has 1 saturated carbocycles. The number of halogens is 1. The third-order valence-electron chi connectivity index (χ3n) is 6.24. The normalized spacial score (nSPS) is 34.4. The van der Waals surface area contributed by atoms with Crippen molar-refractivity contribution in [3.8, 4) is 11.5 Å². The Morgan fingerprint density at radius 3 is 2.72 bits per heavy atom. The van der Waals surface area contributed by atoms with Crippen LogP contribution < -0.4 is 15.1 Å². The highest BCUT2D eigenvalue weighted by Crippen LogP contribution is 2.63. The number of aliphatic hydroxyl groups is 1. The van der Waals surface area contributed by atoms with E-state index < -0.39 is 22.9 Å². The summed E-state index contributed by atoms with van der Waals surface area (Å²) in [4.78, 5) is 11.7. The van der Waals surface area contributed by atoms with E-state index in [9.17, 15) is 9.90 Å². The number of ether oxygens (including phenoxy) is 2. The summed E-state index contributed by atoms with van der Waals surface area (Å²) >= 11 is 3.56. The maximum Gasteiger partial charge on any atom is 0.336 e. The third-order valence-corrected chi connectivity index (χ3v) is 6.96. The zero-order chi connectivity index (χ0) is 17.7. The summed E-state index contributed by atoms with van der Waals surface area (Å²) in [5.41, 5.74) is -0.179. The van der Waals surface area contributed by atoms with Gasteiger partial charge >= 0.3 is 5.63 Å². The van der Waals surface area contributed by atoms with Crippen molar-refractivity contribution in [2.24, 2.45) is 5.92 Å². The Morgan fingerprint density at radius 2 is 1.96 bits per heavy atom. The first kappa shape index (κ1) is 15.7. The van der Waals surface area contributed by atoms with E-state index in [0.29, 0.717) is 21.6 Å². The van der Waals surface area contributed by atoms with Gasteiger partial charge in [0.1, 0.15) is 33.3 Å². The molecule has 2 aromatic rings. The Kier molecular flexibility index (Phi) is 2.89. The smallest absolute Gasteiger partial charge is 0.336 e. The zero-order valence-corrected chi connectivity index (χ0v) is 15.8. The molecule has 5 rings (SSSR count). The summed E-state index contributed by atoms with van der Waals surface area (Å²) in [5, 5.41) is 11.8. The van der Waals surface area contributed by atoms with E-state index >= 15 is 0 Å². The lowest BCUT2D eigenvalue weighted by Crippen LogP contribution is -2.61. The van der Waals surface area contributed by atoms with Crippen LogP contribution in [0.5, 0.6) is 11.5 Å². The van der Waals surface area contributed by atoms with Gasteiger partial charge < -0.3 is 19.0 Å². The molecule has 132 valence electrons. The van der Waals surface area contributed by atoms with Gasteiger partial charge in [0.2, 0.25) is 0 Å². The maximum atomic E-state index is 11.7. The topological polar surface area (TPSA) is 68.9 Å². The van der Waals surface area contributed by atoms with Crippen molar-refractivity contribution in [1.82, 2.24) is 0 Å². The fraction of sp³-hybridized carbons (Fsp3) is 0.526. The molecule has 1 aliphatic carbocycles. The van der Waals surface area contributed by atoms with Gasteiger partial charge in [-0.1, -0.05) is 0 Å². The number of fused-ring (bicyclic) bond motifs is 3. The van der Waals surface area contributed by atoms with Crippen molar-refractivity contribution in [2.45, 2.75) is 56.8 Å². The standard InChI is InChI=1S/C19H19BrO5/c1-18(2)9-6-7-19(3)17(22)11(9)12-14(25-19)8-4-5-10(21)23-15(8)13(20)16(12)24-18/h4-5,9,11,17,22H,6-7H2,1-3H3. The van der Waals surface area contributed by atoms with Crippen LogP contribution in [0.15, 0.2) is 25.8 Å². The van der Waals surface area contributed by atoms with Gasteiger partial charge in [-0.15, -0.1) is 0 Å². The predicted molar refractivity (Wildman–Crippen MR) is 95.4 cm³/mol. The number of hydrogen-bond donors (Lipinski definition) is 1. The molecule has 4 atom stereocenters. The van der Waals surface area contributed by atoms with Gasteiger partial charge in [0.25, 0.3) is 0 Å². The molecule has 0 saturated heterocycles. The number of benzene rings is 1. The van der Waals surface area contributed by atoms with Gasteiger partial charge in [0, 0.05) is 23.5 Å². The summed E-state index contributed by atoms with van der Waals surface area (Å²) in [5.74, 6) is 1.43. The lowest BCUT2D eigenvalue weighted by atomic mass is 9.60. The number of hydrogen-bond acceptors (Lipinski definition) is 5. The SMILES string of the molecule is CC1(C)Oc2c3c(c4ccc(=O)oc4c2Br)OC2(C)CCC1C3C2O. The van der Waals surface area contributed by atoms with Crippen molar-refractivity contribution in [3.05, 3.63) is 32.6 Å². The van der Waals surface area contributed by atoms with Crippen LogP contribution in [0, 0.1) is 5.92 Å². The summed E-state index contributed by atoms with van der Waals surface area (Å²) in [6.07, 6.45) is 1.09. The second kappa shape index (κ2) is 4.60. The Morgan fingerprint density at radius 1 is 1.20 bits per heavy atom. The van der Waals surface area contributed by atoms with Crippen molar-refractivity contribution in [2.75, 3.05) is 0 Å². The molecule has 3 aliphatic rings. The van der Waals surface area contributed by atoms with Crippen LogP contribution in [0.25, 0.3) is 11.0 Å². The summed E-state index contributed by atoms with van der Waals surface area (Å²) in [6, 6.07) is 3.13. The summed E-state index contributed by atoms with van der Waals surface area (Å²) in [7, 11) is 0. The number of aliphatic hydroxyl groups excluding tert-OH is 1. The first-order valence-electron chi connectivity index (χ1n) is 8.58. The first-order chi connectivity index (χ1) is 11.7. The van der Waals surface area contributed by atoms with Crippen LogP contribution in [0.1, 0.15) is 45.1 Å². The molecular weight excluding hydrogens is 388 g/mol. The average molecular weight is 407 g/mol. The van der Waals surface area contributed by atoms with Crippen molar-refractivity contribution in [3.63, 3.8) is 0 Å². The van der Waals surface area contributed by atoms with Gasteiger partial charge in [0.15, 0.2) is 5.58 Å². The Bertz CT molecular complexity index is 978. The Hall–Kier alpha value is -1.53. The first-order valence-corrected chi connectivity index (χ1v) is 9.37. The molecule has 0 radical (unpaired) electrons. The molecule has 4 unspecified atom stereocenters. The fourth-order valence-electron chi connectivity index (χ4n) is 4.93. The zero-order valence-electron chi connectivity index (χ0n) is 14.3. The van der Waals surface area contributed by atoms with Crippen LogP contribution in [0.4, 0.5) is 0 Å². The average Bonchev–Trinajstić information content (AvgIpc) is 2.53. The van der Waals surface area contributed by atoms with Gasteiger partial charge in [0.05, 0.1) is 5.39 Å². The number of rotatable bonds is 0. The third kappa shape index (κ3) is 1.84. The van der Waals surface area contributed by atoms with E-state index in [0.717, 1.165) is 23.8 Å². The van der Waals surface area contributed by atoms with E-state index in [-0.39, 0.29) is 11.8 Å². The van der Waals surface area contributed by atoms with E-state index in [2.05, 4.69) is 29.8 Å². The minimum Gasteiger partial charge on any atom is -0.486 e. The summed E-state index contributed by atoms with van der Waals surface area (Å²) < 4.78 is 18.7. The van der Waals surface area contributed by atoms with E-state index in [4.69, 9.17) is 13.9 Å². The van der Waals surface area contributed by atoms with Gasteiger partial charge in [-0.3, -0.25) is 0 Å². The molecule has 1 aromatic carbocycles. The lowest BCUT2D eigenvalue weighted by Gasteiger charge is -2.57. The Balaban J connectivity index is 1.94. The van der Waals surface area contributed by atoms with Crippen LogP contribution in [0.2, 0.25) is 0 Å². The van der Waals surface area contributed by atoms with Crippen molar-refractivity contribution >= 4 is 26.9 Å². The van der Waals surface area contributed by atoms with Crippen LogP contribution >= 0.6 is 15.9 Å². The monoisotopic (exact) mass is 406 g/mol. The van der Waals surface area contributed by atoms with E-state index in [1.54, 1.807) is 6.07 Å². The molecule has 2 bridgehead atoms. The molecule has 0 amide bonds. The van der Waals surface area contributed by atoms with Gasteiger partial charge in [-0.25, -0.2) is 4.79 Å². The lowest BCUT2D eigenvalue weighted by molar-refractivity contribution is -0.147. The largest absolute Gasteiger partial charge is 0.486 e.